The van der Waals surface area contributed by atoms with Gasteiger partial charge in [0.15, 0.2) is 11.5 Å². The molecule has 5 heteroatoms. The van der Waals surface area contributed by atoms with Gasteiger partial charge in [-0.15, -0.1) is 0 Å². The van der Waals surface area contributed by atoms with Gasteiger partial charge >= 0.3 is 0 Å². The summed E-state index contributed by atoms with van der Waals surface area (Å²) < 4.78 is 16.1. The average Bonchev–Trinajstić information content (AvgIpc) is 2.66. The average molecular weight is 371 g/mol. The molecule has 2 rings (SSSR count). The molecule has 1 amide bonds. The van der Waals surface area contributed by atoms with Crippen LogP contribution in [0.5, 0.6) is 17.2 Å². The number of ether oxygens (including phenoxy) is 3. The summed E-state index contributed by atoms with van der Waals surface area (Å²) in [6.07, 6.45) is 1.11. The molecule has 146 valence electrons. The van der Waals surface area contributed by atoms with E-state index < -0.39 is 0 Å². The van der Waals surface area contributed by atoms with Gasteiger partial charge in [0.05, 0.1) is 33.8 Å². The van der Waals surface area contributed by atoms with E-state index in [2.05, 4.69) is 19.2 Å². The third-order valence-corrected chi connectivity index (χ3v) is 4.33. The molecular formula is C22H29NO4. The minimum atomic E-state index is -0.0428. The summed E-state index contributed by atoms with van der Waals surface area (Å²) in [4.78, 5) is 12.7. The highest BCUT2D eigenvalue weighted by molar-refractivity contribution is 5.79. The molecule has 0 fully saturated rings. The summed E-state index contributed by atoms with van der Waals surface area (Å²) in [6, 6.07) is 13.7. The van der Waals surface area contributed by atoms with Gasteiger partial charge in [0, 0.05) is 0 Å². The van der Waals surface area contributed by atoms with E-state index in [4.69, 9.17) is 14.2 Å². The van der Waals surface area contributed by atoms with Crippen LogP contribution in [-0.4, -0.2) is 27.2 Å². The molecule has 0 heterocycles. The second-order valence-corrected chi connectivity index (χ2v) is 6.87. The molecule has 0 bridgehead atoms. The van der Waals surface area contributed by atoms with Gasteiger partial charge in [0.1, 0.15) is 0 Å². The van der Waals surface area contributed by atoms with Crippen LogP contribution in [0.25, 0.3) is 0 Å². The smallest absolute Gasteiger partial charge is 0.224 e. The van der Waals surface area contributed by atoms with Gasteiger partial charge in [-0.1, -0.05) is 44.2 Å². The highest BCUT2D eigenvalue weighted by Crippen LogP contribution is 2.38. The highest BCUT2D eigenvalue weighted by Gasteiger charge is 2.18. The number of nitrogens with one attached hydrogen (secondary N) is 1. The lowest BCUT2D eigenvalue weighted by atomic mass is 9.96. The maximum atomic E-state index is 12.7. The van der Waals surface area contributed by atoms with Crippen LogP contribution in [0.3, 0.4) is 0 Å². The van der Waals surface area contributed by atoms with Crippen molar-refractivity contribution in [1.82, 2.24) is 5.32 Å². The summed E-state index contributed by atoms with van der Waals surface area (Å²) >= 11 is 0. The molecule has 0 aromatic heterocycles. The van der Waals surface area contributed by atoms with Crippen molar-refractivity contribution in [2.24, 2.45) is 5.92 Å². The monoisotopic (exact) mass is 371 g/mol. The summed E-state index contributed by atoms with van der Waals surface area (Å²) in [5.41, 5.74) is 1.92. The number of carbonyl (C=O) groups excluding carboxylic acids is 1. The Morgan fingerprint density at radius 3 is 2.04 bits per heavy atom. The second kappa shape index (κ2) is 9.86. The maximum Gasteiger partial charge on any atom is 0.224 e. The molecule has 0 saturated carbocycles. The van der Waals surface area contributed by atoms with E-state index in [0.29, 0.717) is 23.2 Å². The Labute approximate surface area is 161 Å². The Hall–Kier alpha value is -2.69. The molecule has 0 aliphatic carbocycles. The van der Waals surface area contributed by atoms with Crippen molar-refractivity contribution in [2.45, 2.75) is 32.7 Å². The third kappa shape index (κ3) is 5.64. The number of hydrogen-bond donors (Lipinski definition) is 1. The van der Waals surface area contributed by atoms with Gasteiger partial charge in [0.2, 0.25) is 11.7 Å². The molecule has 5 nitrogen and oxygen atoms in total. The minimum Gasteiger partial charge on any atom is -0.493 e. The molecule has 0 aliphatic rings. The van der Waals surface area contributed by atoms with Crippen LogP contribution in [0.1, 0.15) is 37.4 Å². The van der Waals surface area contributed by atoms with Crippen molar-refractivity contribution in [3.8, 4) is 17.2 Å². The van der Waals surface area contributed by atoms with Gasteiger partial charge < -0.3 is 19.5 Å². The van der Waals surface area contributed by atoms with E-state index in [0.717, 1.165) is 17.5 Å². The van der Waals surface area contributed by atoms with Gasteiger partial charge in [-0.2, -0.15) is 0 Å². The van der Waals surface area contributed by atoms with E-state index in [1.165, 1.54) is 0 Å². The van der Waals surface area contributed by atoms with Crippen molar-refractivity contribution in [2.75, 3.05) is 21.3 Å². The van der Waals surface area contributed by atoms with Gasteiger partial charge in [-0.05, 0) is 35.6 Å². The maximum absolute atomic E-state index is 12.7. The van der Waals surface area contributed by atoms with Crippen molar-refractivity contribution >= 4 is 5.91 Å². The molecule has 1 atom stereocenters. The topological polar surface area (TPSA) is 56.8 Å². The Balaban J connectivity index is 2.17. The van der Waals surface area contributed by atoms with Crippen molar-refractivity contribution < 1.29 is 19.0 Å². The van der Waals surface area contributed by atoms with Crippen LogP contribution >= 0.6 is 0 Å². The van der Waals surface area contributed by atoms with E-state index in [9.17, 15) is 4.79 Å². The van der Waals surface area contributed by atoms with E-state index >= 15 is 0 Å². The molecule has 1 unspecified atom stereocenters. The normalized spacial score (nSPS) is 11.8. The Morgan fingerprint density at radius 1 is 0.963 bits per heavy atom. The number of methoxy groups -OCH3 is 3. The van der Waals surface area contributed by atoms with Crippen LogP contribution in [-0.2, 0) is 11.2 Å². The summed E-state index contributed by atoms with van der Waals surface area (Å²) in [6.45, 7) is 4.31. The molecule has 1 N–H and O–H groups in total. The zero-order valence-corrected chi connectivity index (χ0v) is 16.7. The van der Waals surface area contributed by atoms with Crippen LogP contribution in [0.4, 0.5) is 0 Å². The minimum absolute atomic E-state index is 0.0132. The fourth-order valence-electron chi connectivity index (χ4n) is 3.10. The van der Waals surface area contributed by atoms with Crippen LogP contribution in [0, 0.1) is 5.92 Å². The summed E-state index contributed by atoms with van der Waals surface area (Å²) in [7, 11) is 4.69. The molecule has 0 saturated heterocycles. The van der Waals surface area contributed by atoms with Crippen LogP contribution < -0.4 is 19.5 Å². The van der Waals surface area contributed by atoms with Crippen LogP contribution in [0.2, 0.25) is 0 Å². The lowest BCUT2D eigenvalue weighted by molar-refractivity contribution is -0.121. The first-order valence-corrected chi connectivity index (χ1v) is 9.11. The van der Waals surface area contributed by atoms with E-state index in [1.54, 1.807) is 33.5 Å². The number of rotatable bonds is 9. The van der Waals surface area contributed by atoms with E-state index in [1.807, 2.05) is 30.3 Å². The first kappa shape index (κ1) is 20.6. The number of amides is 1. The lowest BCUT2D eigenvalue weighted by Crippen LogP contribution is -2.30. The lowest BCUT2D eigenvalue weighted by Gasteiger charge is -2.21. The SMILES string of the molecule is COc1cc(CC(=O)NC(CC(C)C)c2ccccc2)cc(OC)c1OC. The molecular weight excluding hydrogens is 342 g/mol. The predicted molar refractivity (Wildman–Crippen MR) is 107 cm³/mol. The largest absolute Gasteiger partial charge is 0.493 e. The first-order chi connectivity index (χ1) is 13.0. The summed E-state index contributed by atoms with van der Waals surface area (Å²) in [5, 5.41) is 3.16. The molecule has 0 radical (unpaired) electrons. The second-order valence-electron chi connectivity index (χ2n) is 6.87. The number of hydrogen-bond acceptors (Lipinski definition) is 4. The van der Waals surface area contributed by atoms with Gasteiger partial charge in [0.25, 0.3) is 0 Å². The zero-order valence-electron chi connectivity index (χ0n) is 16.7. The highest BCUT2D eigenvalue weighted by atomic mass is 16.5. The Bertz CT molecular complexity index is 718. The van der Waals surface area contributed by atoms with Gasteiger partial charge in [-0.3, -0.25) is 4.79 Å². The molecule has 2 aromatic rings. The fourth-order valence-corrected chi connectivity index (χ4v) is 3.10. The zero-order chi connectivity index (χ0) is 19.8. The third-order valence-electron chi connectivity index (χ3n) is 4.33. The Morgan fingerprint density at radius 2 is 1.56 bits per heavy atom. The van der Waals surface area contributed by atoms with Crippen LogP contribution in [0.15, 0.2) is 42.5 Å². The molecule has 2 aromatic carbocycles. The van der Waals surface area contributed by atoms with Crippen molar-refractivity contribution in [3.05, 3.63) is 53.6 Å². The number of carbonyl (C=O) groups is 1. The Kier molecular flexibility index (Phi) is 7.53. The quantitative estimate of drug-likeness (QED) is 0.719. The van der Waals surface area contributed by atoms with E-state index in [-0.39, 0.29) is 18.4 Å². The van der Waals surface area contributed by atoms with Crippen molar-refractivity contribution in [3.63, 3.8) is 0 Å². The standard InChI is InChI=1S/C22H29NO4/c1-15(2)11-18(17-9-7-6-8-10-17)23-21(24)14-16-12-19(25-3)22(27-5)20(13-16)26-4/h6-10,12-13,15,18H,11,14H2,1-5H3,(H,23,24). The fraction of sp³-hybridized carbons (Fsp3) is 0.409. The summed E-state index contributed by atoms with van der Waals surface area (Å²) in [5.74, 6) is 2.03. The first-order valence-electron chi connectivity index (χ1n) is 9.11. The van der Waals surface area contributed by atoms with Crippen molar-refractivity contribution in [1.29, 1.82) is 0 Å². The predicted octanol–water partition coefficient (Wildman–Crippen LogP) is 4.16. The molecule has 27 heavy (non-hydrogen) atoms. The molecule has 0 spiro atoms. The molecule has 0 aliphatic heterocycles. The number of benzene rings is 2. The van der Waals surface area contributed by atoms with Gasteiger partial charge in [-0.25, -0.2) is 0 Å².